The number of hydrogen-bond acceptors (Lipinski definition) is 6. The smallest absolute Gasteiger partial charge is 0.283 e. The van der Waals surface area contributed by atoms with Crippen molar-refractivity contribution in [2.45, 2.75) is 37.3 Å². The first kappa shape index (κ1) is 15.8. The zero-order valence-corrected chi connectivity index (χ0v) is 14.4. The highest BCUT2D eigenvalue weighted by Crippen LogP contribution is 2.26. The Morgan fingerprint density at radius 2 is 2.08 bits per heavy atom. The maximum absolute atomic E-state index is 12.7. The molecule has 9 nitrogen and oxygen atoms in total. The molecule has 25 heavy (non-hydrogen) atoms. The molecule has 0 fully saturated rings. The molecule has 10 heteroatoms. The molecule has 1 aliphatic rings. The minimum absolute atomic E-state index is 0.000489. The van der Waals surface area contributed by atoms with Gasteiger partial charge in [-0.1, -0.05) is 0 Å². The molecule has 0 bridgehead atoms. The SMILES string of the molecule is CC1CCCc2nc(S(=O)(=O)Nc3ncnn3-c3ccncc3)cn21. The summed E-state index contributed by atoms with van der Waals surface area (Å²) >= 11 is 0. The largest absolute Gasteiger partial charge is 0.331 e. The van der Waals surface area contributed by atoms with Crippen molar-refractivity contribution in [1.29, 1.82) is 0 Å². The van der Waals surface area contributed by atoms with E-state index in [0.29, 0.717) is 5.69 Å². The number of nitrogens with zero attached hydrogens (tertiary/aromatic N) is 6. The van der Waals surface area contributed by atoms with Gasteiger partial charge in [0.2, 0.25) is 5.95 Å². The molecule has 1 aliphatic heterocycles. The van der Waals surface area contributed by atoms with E-state index in [1.165, 1.54) is 11.0 Å². The average molecular weight is 359 g/mol. The number of rotatable bonds is 4. The van der Waals surface area contributed by atoms with Crippen molar-refractivity contribution >= 4 is 16.0 Å². The summed E-state index contributed by atoms with van der Waals surface area (Å²) in [4.78, 5) is 12.2. The number of hydrogen-bond donors (Lipinski definition) is 1. The van der Waals surface area contributed by atoms with Crippen molar-refractivity contribution in [1.82, 2.24) is 29.3 Å². The van der Waals surface area contributed by atoms with Crippen LogP contribution in [0.15, 0.2) is 42.1 Å². The molecule has 0 saturated heterocycles. The van der Waals surface area contributed by atoms with Gasteiger partial charge in [-0.2, -0.15) is 23.2 Å². The highest BCUT2D eigenvalue weighted by molar-refractivity contribution is 7.92. The summed E-state index contributed by atoms with van der Waals surface area (Å²) in [7, 11) is -3.85. The Labute approximate surface area is 144 Å². The van der Waals surface area contributed by atoms with Crippen LogP contribution in [0.1, 0.15) is 31.6 Å². The lowest BCUT2D eigenvalue weighted by molar-refractivity contribution is 0.425. The van der Waals surface area contributed by atoms with Crippen LogP contribution >= 0.6 is 0 Å². The number of aromatic nitrogens is 6. The van der Waals surface area contributed by atoms with E-state index in [9.17, 15) is 8.42 Å². The Kier molecular flexibility index (Phi) is 3.75. The summed E-state index contributed by atoms with van der Waals surface area (Å²) in [6.45, 7) is 2.06. The van der Waals surface area contributed by atoms with E-state index < -0.39 is 10.0 Å². The third-order valence-corrected chi connectivity index (χ3v) is 5.44. The molecule has 3 aromatic rings. The van der Waals surface area contributed by atoms with Crippen LogP contribution in [0.25, 0.3) is 5.69 Å². The molecule has 0 amide bonds. The van der Waals surface area contributed by atoms with Crippen molar-refractivity contribution < 1.29 is 8.42 Å². The van der Waals surface area contributed by atoms with Crippen molar-refractivity contribution in [2.24, 2.45) is 0 Å². The molecule has 0 spiro atoms. The number of aryl methyl sites for hydroxylation is 1. The summed E-state index contributed by atoms with van der Waals surface area (Å²) in [5, 5.41) is 4.07. The van der Waals surface area contributed by atoms with Crippen LogP contribution in [0, 0.1) is 0 Å². The number of fused-ring (bicyclic) bond motifs is 1. The zero-order chi connectivity index (χ0) is 17.4. The van der Waals surface area contributed by atoms with Gasteiger partial charge in [-0.15, -0.1) is 0 Å². The van der Waals surface area contributed by atoms with Gasteiger partial charge in [-0.25, -0.2) is 9.71 Å². The van der Waals surface area contributed by atoms with E-state index >= 15 is 0 Å². The van der Waals surface area contributed by atoms with Gasteiger partial charge in [0.25, 0.3) is 10.0 Å². The number of imidazole rings is 1. The highest BCUT2D eigenvalue weighted by Gasteiger charge is 2.26. The topological polar surface area (TPSA) is 108 Å². The quantitative estimate of drug-likeness (QED) is 0.757. The van der Waals surface area contributed by atoms with Gasteiger partial charge < -0.3 is 4.57 Å². The normalized spacial score (nSPS) is 17.2. The number of anilines is 1. The lowest BCUT2D eigenvalue weighted by Crippen LogP contribution is -2.17. The Bertz CT molecular complexity index is 994. The number of pyridine rings is 1. The van der Waals surface area contributed by atoms with Gasteiger partial charge in [0, 0.05) is 31.1 Å². The lowest BCUT2D eigenvalue weighted by atomic mass is 10.1. The van der Waals surface area contributed by atoms with Gasteiger partial charge in [-0.05, 0) is 31.9 Å². The van der Waals surface area contributed by atoms with E-state index in [-0.39, 0.29) is 17.0 Å². The molecule has 1 atom stereocenters. The molecule has 1 N–H and O–H groups in total. The van der Waals surface area contributed by atoms with Crippen molar-refractivity contribution in [3.05, 3.63) is 42.9 Å². The Balaban J connectivity index is 1.66. The fourth-order valence-corrected chi connectivity index (χ4v) is 3.92. The summed E-state index contributed by atoms with van der Waals surface area (Å²) in [6, 6.07) is 3.67. The fraction of sp³-hybridized carbons (Fsp3) is 0.333. The van der Waals surface area contributed by atoms with Crippen LogP contribution in [0.3, 0.4) is 0 Å². The number of sulfonamides is 1. The molecular formula is C15H17N7O2S. The second-order valence-electron chi connectivity index (χ2n) is 5.95. The van der Waals surface area contributed by atoms with Gasteiger partial charge in [0.05, 0.1) is 5.69 Å². The van der Waals surface area contributed by atoms with Crippen molar-refractivity contribution in [2.75, 3.05) is 4.72 Å². The number of nitrogens with one attached hydrogen (secondary N) is 1. The van der Waals surface area contributed by atoms with E-state index in [1.807, 2.05) is 4.57 Å². The highest BCUT2D eigenvalue weighted by atomic mass is 32.2. The first-order chi connectivity index (χ1) is 12.0. The molecule has 3 aromatic heterocycles. The first-order valence-electron chi connectivity index (χ1n) is 7.95. The van der Waals surface area contributed by atoms with E-state index in [2.05, 4.69) is 31.7 Å². The Hall–Kier alpha value is -2.75. The molecule has 0 saturated carbocycles. The minimum Gasteiger partial charge on any atom is -0.331 e. The van der Waals surface area contributed by atoms with Crippen LogP contribution in [0.2, 0.25) is 0 Å². The maximum Gasteiger partial charge on any atom is 0.283 e. The molecule has 0 radical (unpaired) electrons. The second kappa shape index (κ2) is 5.96. The van der Waals surface area contributed by atoms with Crippen LogP contribution in [0.4, 0.5) is 5.95 Å². The Morgan fingerprint density at radius 3 is 2.84 bits per heavy atom. The summed E-state index contributed by atoms with van der Waals surface area (Å²) in [5.41, 5.74) is 0.656. The van der Waals surface area contributed by atoms with Crippen LogP contribution in [-0.4, -0.2) is 37.7 Å². The Morgan fingerprint density at radius 1 is 1.28 bits per heavy atom. The van der Waals surface area contributed by atoms with Gasteiger partial charge in [0.15, 0.2) is 5.03 Å². The molecular weight excluding hydrogens is 342 g/mol. The maximum atomic E-state index is 12.7. The van der Waals surface area contributed by atoms with Gasteiger partial charge in [-0.3, -0.25) is 4.98 Å². The average Bonchev–Trinajstić information content (AvgIpc) is 3.23. The summed E-state index contributed by atoms with van der Waals surface area (Å²) in [6.07, 6.45) is 8.90. The molecule has 130 valence electrons. The molecule has 0 aromatic carbocycles. The summed E-state index contributed by atoms with van der Waals surface area (Å²) in [5.74, 6) is 0.903. The van der Waals surface area contributed by atoms with Gasteiger partial charge in [0.1, 0.15) is 12.2 Å². The lowest BCUT2D eigenvalue weighted by Gasteiger charge is -2.20. The summed E-state index contributed by atoms with van der Waals surface area (Å²) < 4.78 is 31.3. The predicted octanol–water partition coefficient (Wildman–Crippen LogP) is 1.56. The van der Waals surface area contributed by atoms with E-state index in [0.717, 1.165) is 25.1 Å². The molecule has 4 heterocycles. The fourth-order valence-electron chi connectivity index (χ4n) is 2.96. The standard InChI is InChI=1S/C15H17N7O2S/c1-11-3-2-4-13-19-14(9-21(11)13)25(23,24)20-15-17-10-18-22(15)12-5-7-16-8-6-12/h5-11H,2-4H2,1H3,(H,17,18,20). The monoisotopic (exact) mass is 359 g/mol. The predicted molar refractivity (Wildman–Crippen MR) is 89.8 cm³/mol. The zero-order valence-electron chi connectivity index (χ0n) is 13.6. The van der Waals surface area contributed by atoms with Crippen molar-refractivity contribution in [3.8, 4) is 5.69 Å². The first-order valence-corrected chi connectivity index (χ1v) is 9.44. The van der Waals surface area contributed by atoms with E-state index in [1.54, 1.807) is 30.7 Å². The van der Waals surface area contributed by atoms with Gasteiger partial charge >= 0.3 is 0 Å². The van der Waals surface area contributed by atoms with Crippen LogP contribution < -0.4 is 4.72 Å². The molecule has 4 rings (SSSR count). The molecule has 0 aliphatic carbocycles. The van der Waals surface area contributed by atoms with Crippen molar-refractivity contribution in [3.63, 3.8) is 0 Å². The van der Waals surface area contributed by atoms with E-state index in [4.69, 9.17) is 0 Å². The van der Waals surface area contributed by atoms with Crippen LogP contribution in [-0.2, 0) is 16.4 Å². The van der Waals surface area contributed by atoms with Crippen LogP contribution in [0.5, 0.6) is 0 Å². The molecule has 1 unspecified atom stereocenters. The second-order valence-corrected chi connectivity index (χ2v) is 7.58. The third kappa shape index (κ3) is 2.88. The minimum atomic E-state index is -3.85. The third-order valence-electron chi connectivity index (χ3n) is 4.24.